The van der Waals surface area contributed by atoms with Crippen LogP contribution in [0.4, 0.5) is 13.2 Å². The fourth-order valence-corrected chi connectivity index (χ4v) is 4.87. The molecule has 0 radical (unpaired) electrons. The Bertz CT molecular complexity index is 1510. The molecule has 1 aromatic carbocycles. The van der Waals surface area contributed by atoms with E-state index in [2.05, 4.69) is 16.4 Å². The summed E-state index contributed by atoms with van der Waals surface area (Å²) < 4.78 is 38.9. The molecule has 0 atom stereocenters. The molecule has 13 heteroatoms. The first-order chi connectivity index (χ1) is 19.6. The number of alkyl halides is 3. The molecule has 0 saturated carbocycles. The Hall–Kier alpha value is -4.52. The molecule has 1 saturated heterocycles. The molecule has 3 aromatic rings. The molecule has 6 rings (SSSR count). The molecule has 0 spiro atoms. The quantitative estimate of drug-likeness (QED) is 0.497. The number of carboxylic acid groups (broad SMARTS) is 1. The molecule has 3 aliphatic rings. The fourth-order valence-electron chi connectivity index (χ4n) is 4.87. The van der Waals surface area contributed by atoms with Gasteiger partial charge < -0.3 is 20.1 Å². The summed E-state index contributed by atoms with van der Waals surface area (Å²) in [5.74, 6) is -2.75. The number of carboxylic acids is 1. The lowest BCUT2D eigenvalue weighted by Crippen LogP contribution is -2.40. The van der Waals surface area contributed by atoms with E-state index in [9.17, 15) is 22.8 Å². The number of nitrogens with one attached hydrogen (secondary N) is 1. The maximum absolute atomic E-state index is 12.6. The van der Waals surface area contributed by atoms with Gasteiger partial charge in [-0.3, -0.25) is 19.3 Å². The van der Waals surface area contributed by atoms with Gasteiger partial charge in [0, 0.05) is 42.5 Å². The number of pyridine rings is 1. The van der Waals surface area contributed by atoms with Gasteiger partial charge in [-0.2, -0.15) is 18.3 Å². The second-order valence-corrected chi connectivity index (χ2v) is 9.58. The summed E-state index contributed by atoms with van der Waals surface area (Å²) in [5, 5.41) is 14.8. The Morgan fingerprint density at radius 3 is 2.44 bits per heavy atom. The van der Waals surface area contributed by atoms with Crippen molar-refractivity contribution in [2.75, 3.05) is 32.8 Å². The number of benzene rings is 1. The van der Waals surface area contributed by atoms with E-state index in [1.54, 1.807) is 0 Å². The number of fused-ring (bicyclic) bond motifs is 5. The third kappa shape index (κ3) is 6.14. The summed E-state index contributed by atoms with van der Waals surface area (Å²) in [4.78, 5) is 40.4. The molecule has 2 aromatic heterocycles. The van der Waals surface area contributed by atoms with Crippen molar-refractivity contribution in [3.05, 3.63) is 70.2 Å². The van der Waals surface area contributed by atoms with E-state index in [4.69, 9.17) is 19.7 Å². The zero-order valence-corrected chi connectivity index (χ0v) is 21.8. The average molecular weight is 570 g/mol. The molecule has 1 fully saturated rings. The van der Waals surface area contributed by atoms with Crippen LogP contribution in [0.2, 0.25) is 0 Å². The van der Waals surface area contributed by atoms with Crippen LogP contribution in [0.15, 0.2) is 36.5 Å². The first kappa shape index (κ1) is 28.0. The van der Waals surface area contributed by atoms with Crippen molar-refractivity contribution in [3.8, 4) is 11.3 Å². The van der Waals surface area contributed by atoms with Crippen molar-refractivity contribution in [2.45, 2.75) is 25.6 Å². The Morgan fingerprint density at radius 2 is 1.76 bits per heavy atom. The van der Waals surface area contributed by atoms with E-state index < -0.39 is 12.1 Å². The number of aryl methyl sites for hydroxylation is 1. The second-order valence-electron chi connectivity index (χ2n) is 9.58. The molecular weight excluding hydrogens is 543 g/mol. The molecule has 41 heavy (non-hydrogen) atoms. The van der Waals surface area contributed by atoms with E-state index in [1.807, 2.05) is 52.2 Å². The zero-order valence-electron chi connectivity index (χ0n) is 21.8. The summed E-state index contributed by atoms with van der Waals surface area (Å²) >= 11 is 0. The van der Waals surface area contributed by atoms with Crippen molar-refractivity contribution < 1.29 is 37.4 Å². The highest BCUT2D eigenvalue weighted by Crippen LogP contribution is 2.35. The van der Waals surface area contributed by atoms with Gasteiger partial charge in [-0.25, -0.2) is 4.79 Å². The molecule has 2 aliphatic heterocycles. The molecule has 1 aliphatic carbocycles. The number of aliphatic carboxylic acids is 1. The summed E-state index contributed by atoms with van der Waals surface area (Å²) in [7, 11) is 0. The Labute approximate surface area is 232 Å². The number of carbonyl (C=O) groups is 3. The first-order valence-electron chi connectivity index (χ1n) is 12.9. The van der Waals surface area contributed by atoms with Gasteiger partial charge >= 0.3 is 12.1 Å². The van der Waals surface area contributed by atoms with Crippen LogP contribution < -0.4 is 5.32 Å². The summed E-state index contributed by atoms with van der Waals surface area (Å²) in [6, 6.07) is 9.68. The van der Waals surface area contributed by atoms with Crippen LogP contribution in [0.5, 0.6) is 0 Å². The summed E-state index contributed by atoms with van der Waals surface area (Å²) in [5.41, 5.74) is 7.35. The number of rotatable bonds is 3. The highest BCUT2D eigenvalue weighted by Gasteiger charge is 2.38. The zero-order chi connectivity index (χ0) is 29.1. The average Bonchev–Trinajstić information content (AvgIpc) is 3.37. The van der Waals surface area contributed by atoms with Crippen LogP contribution in [0, 0.1) is 0 Å². The van der Waals surface area contributed by atoms with Crippen LogP contribution in [-0.4, -0.2) is 81.6 Å². The lowest BCUT2D eigenvalue weighted by molar-refractivity contribution is -0.192. The van der Waals surface area contributed by atoms with Gasteiger partial charge in [0.1, 0.15) is 5.69 Å². The molecule has 4 heterocycles. The third-order valence-electron chi connectivity index (χ3n) is 6.93. The Kier molecular flexibility index (Phi) is 7.88. The number of halogens is 3. The number of hydrogen-bond donors (Lipinski definition) is 2. The molecular formula is C28H26F3N5O5. The van der Waals surface area contributed by atoms with E-state index in [-0.39, 0.29) is 11.8 Å². The van der Waals surface area contributed by atoms with E-state index in [0.29, 0.717) is 50.7 Å². The van der Waals surface area contributed by atoms with Gasteiger partial charge in [-0.1, -0.05) is 18.2 Å². The van der Waals surface area contributed by atoms with E-state index >= 15 is 0 Å². The predicted molar refractivity (Wildman–Crippen MR) is 141 cm³/mol. The van der Waals surface area contributed by atoms with Gasteiger partial charge in [-0.15, -0.1) is 0 Å². The molecule has 0 unspecified atom stereocenters. The highest BCUT2D eigenvalue weighted by molar-refractivity contribution is 5.97. The van der Waals surface area contributed by atoms with Crippen molar-refractivity contribution >= 4 is 29.9 Å². The van der Waals surface area contributed by atoms with Gasteiger partial charge in [0.15, 0.2) is 0 Å². The number of ether oxygens (including phenoxy) is 1. The number of morpholine rings is 1. The van der Waals surface area contributed by atoms with E-state index in [0.717, 1.165) is 46.5 Å². The Morgan fingerprint density at radius 1 is 1.05 bits per heavy atom. The Balaban J connectivity index is 0.000000431. The van der Waals surface area contributed by atoms with Crippen LogP contribution >= 0.6 is 0 Å². The molecule has 2 amide bonds. The molecule has 0 bridgehead atoms. The smallest absolute Gasteiger partial charge is 0.475 e. The number of hydrogen-bond acceptors (Lipinski definition) is 6. The first-order valence-corrected chi connectivity index (χ1v) is 12.9. The maximum Gasteiger partial charge on any atom is 0.490 e. The topological polar surface area (TPSA) is 127 Å². The van der Waals surface area contributed by atoms with Crippen LogP contribution in [0.1, 0.15) is 43.2 Å². The monoisotopic (exact) mass is 569 g/mol. The van der Waals surface area contributed by atoms with Crippen LogP contribution in [0.25, 0.3) is 23.4 Å². The molecule has 214 valence electrons. The van der Waals surface area contributed by atoms with Gasteiger partial charge in [0.25, 0.3) is 11.8 Å². The van der Waals surface area contributed by atoms with Crippen molar-refractivity contribution in [3.63, 3.8) is 0 Å². The standard InChI is InChI=1S/C26H25N5O3.C2HF3O2/c32-25-24-21-8-6-19-16-28-20(15-22(19)23(21)29-31(24)10-9-27-25)7-3-17-1-4-18(5-2-17)26(33)30-11-13-34-14-12-30;3-2(4,5)1(6)7/h1-5,7,15-16H,6,8-14H2,(H,27,32);(H,6,7). The van der Waals surface area contributed by atoms with Crippen molar-refractivity contribution in [1.29, 1.82) is 0 Å². The van der Waals surface area contributed by atoms with Gasteiger partial charge in [-0.05, 0) is 48.2 Å². The van der Waals surface area contributed by atoms with Gasteiger partial charge in [0.2, 0.25) is 0 Å². The van der Waals surface area contributed by atoms with Crippen LogP contribution in [-0.2, 0) is 28.9 Å². The minimum absolute atomic E-state index is 0.0341. The highest BCUT2D eigenvalue weighted by atomic mass is 19.4. The molecule has 2 N–H and O–H groups in total. The minimum atomic E-state index is -5.08. The SMILES string of the molecule is O=C(O)C(F)(F)F.O=C1NCCn2nc3c(c21)CCc1cnc(C=Cc2ccc(C(=O)N4CCOCC4)cc2)cc1-3. The lowest BCUT2D eigenvalue weighted by atomic mass is 9.89. The molecule has 10 nitrogen and oxygen atoms in total. The van der Waals surface area contributed by atoms with E-state index in [1.165, 1.54) is 0 Å². The lowest BCUT2D eigenvalue weighted by Gasteiger charge is -2.26. The van der Waals surface area contributed by atoms with Gasteiger partial charge in [0.05, 0.1) is 31.1 Å². The minimum Gasteiger partial charge on any atom is -0.475 e. The predicted octanol–water partition coefficient (Wildman–Crippen LogP) is 3.06. The maximum atomic E-state index is 12.6. The number of aromatic nitrogens is 3. The number of nitrogens with zero attached hydrogens (tertiary/aromatic N) is 4. The number of carbonyl (C=O) groups excluding carboxylic acids is 2. The number of amides is 2. The normalized spacial score (nSPS) is 16.2. The summed E-state index contributed by atoms with van der Waals surface area (Å²) in [6.07, 6.45) is 2.45. The largest absolute Gasteiger partial charge is 0.490 e. The summed E-state index contributed by atoms with van der Waals surface area (Å²) in [6.45, 7) is 3.77. The fraction of sp³-hybridized carbons (Fsp3) is 0.321. The van der Waals surface area contributed by atoms with Crippen molar-refractivity contribution in [1.82, 2.24) is 25.0 Å². The van der Waals surface area contributed by atoms with Crippen molar-refractivity contribution in [2.24, 2.45) is 0 Å². The second kappa shape index (κ2) is 11.5. The third-order valence-corrected chi connectivity index (χ3v) is 6.93. The van der Waals surface area contributed by atoms with Crippen LogP contribution in [0.3, 0.4) is 0 Å².